The molecule has 0 N–H and O–H groups in total. The number of halogens is 3. The number of alkyl halides is 3. The smallest absolute Gasteiger partial charge is 0.376 e. The van der Waals surface area contributed by atoms with E-state index in [1.807, 2.05) is 26.0 Å². The van der Waals surface area contributed by atoms with Crippen molar-refractivity contribution < 1.29 is 25.8 Å². The van der Waals surface area contributed by atoms with Crippen LogP contribution < -0.4 is 9.74 Å². The van der Waals surface area contributed by atoms with Gasteiger partial charge in [-0.05, 0) is 54.8 Å². The highest BCUT2D eigenvalue weighted by Gasteiger charge is 2.48. The second-order valence-corrected chi connectivity index (χ2v) is 7.98. The summed E-state index contributed by atoms with van der Waals surface area (Å²) >= 11 is 0. The summed E-state index contributed by atoms with van der Waals surface area (Å²) in [6, 6.07) is 10.4. The minimum absolute atomic E-state index is 0.283. The molecule has 0 fully saturated rings. The molecule has 0 aliphatic carbocycles. The first-order valence-corrected chi connectivity index (χ1v) is 9.54. The molecule has 0 saturated heterocycles. The number of benzene rings is 2. The van der Waals surface area contributed by atoms with Crippen molar-refractivity contribution in [3.05, 3.63) is 63.9 Å². The highest BCUT2D eigenvalue weighted by molar-refractivity contribution is 7.88. The van der Waals surface area contributed by atoms with Gasteiger partial charge in [-0.1, -0.05) is 18.2 Å². The second kappa shape index (κ2) is 6.66. The Bertz CT molecular complexity index is 1230. The molecule has 0 aliphatic heterocycles. The van der Waals surface area contributed by atoms with Crippen molar-refractivity contribution in [3.63, 3.8) is 0 Å². The second-order valence-electron chi connectivity index (χ2n) is 6.44. The fraction of sp³-hybridized carbons (Fsp3) is 0.211. The van der Waals surface area contributed by atoms with Crippen LogP contribution in [0.1, 0.15) is 11.1 Å². The van der Waals surface area contributed by atoms with Crippen molar-refractivity contribution in [2.24, 2.45) is 7.05 Å². The third-order valence-electron chi connectivity index (χ3n) is 4.35. The number of aromatic nitrogens is 1. The van der Waals surface area contributed by atoms with Gasteiger partial charge in [0.15, 0.2) is 0 Å². The summed E-state index contributed by atoms with van der Waals surface area (Å²) in [6.07, 6.45) is 0. The topological polar surface area (TPSA) is 65.4 Å². The molecule has 0 atom stereocenters. The highest BCUT2D eigenvalue weighted by atomic mass is 32.2. The maximum Gasteiger partial charge on any atom is 0.534 e. The highest BCUT2D eigenvalue weighted by Crippen LogP contribution is 2.29. The van der Waals surface area contributed by atoms with E-state index in [0.29, 0.717) is 11.1 Å². The maximum atomic E-state index is 12.7. The predicted molar refractivity (Wildman–Crippen MR) is 99.7 cm³/mol. The first-order chi connectivity index (χ1) is 12.9. The first kappa shape index (κ1) is 19.9. The Morgan fingerprint density at radius 3 is 2.18 bits per heavy atom. The lowest BCUT2D eigenvalue weighted by atomic mass is 10.0. The van der Waals surface area contributed by atoms with Crippen LogP contribution in [-0.2, 0) is 17.2 Å². The third-order valence-corrected chi connectivity index (χ3v) is 5.33. The summed E-state index contributed by atoms with van der Waals surface area (Å²) < 4.78 is 65.0. The minimum atomic E-state index is -5.75. The Morgan fingerprint density at radius 2 is 1.61 bits per heavy atom. The van der Waals surface area contributed by atoms with Gasteiger partial charge in [0.05, 0.1) is 5.52 Å². The van der Waals surface area contributed by atoms with E-state index in [2.05, 4.69) is 4.18 Å². The van der Waals surface area contributed by atoms with Crippen LogP contribution in [0.25, 0.3) is 22.0 Å². The fourth-order valence-corrected chi connectivity index (χ4v) is 3.45. The van der Waals surface area contributed by atoms with E-state index < -0.39 is 21.4 Å². The Labute approximate surface area is 159 Å². The number of aryl methyl sites for hydroxylation is 3. The minimum Gasteiger partial charge on any atom is -0.376 e. The van der Waals surface area contributed by atoms with Gasteiger partial charge in [-0.25, -0.2) is 0 Å². The lowest BCUT2D eigenvalue weighted by Gasteiger charge is -2.13. The average Bonchev–Trinajstić information content (AvgIpc) is 2.58. The Kier molecular flexibility index (Phi) is 4.74. The van der Waals surface area contributed by atoms with E-state index in [-0.39, 0.29) is 5.56 Å². The number of rotatable bonds is 3. The van der Waals surface area contributed by atoms with Gasteiger partial charge in [0, 0.05) is 18.0 Å². The van der Waals surface area contributed by atoms with E-state index >= 15 is 0 Å². The van der Waals surface area contributed by atoms with Gasteiger partial charge in [0.25, 0.3) is 5.56 Å². The summed E-state index contributed by atoms with van der Waals surface area (Å²) in [5, 5.41) is 0.864. The number of hydrogen-bond donors (Lipinski definition) is 0. The van der Waals surface area contributed by atoms with Crippen LogP contribution in [-0.4, -0.2) is 18.5 Å². The first-order valence-electron chi connectivity index (χ1n) is 8.13. The van der Waals surface area contributed by atoms with Gasteiger partial charge in [0.2, 0.25) is 0 Å². The van der Waals surface area contributed by atoms with Crippen molar-refractivity contribution in [1.29, 1.82) is 0 Å². The molecule has 0 spiro atoms. The summed E-state index contributed by atoms with van der Waals surface area (Å²) in [5.41, 5.74) is -2.28. The van der Waals surface area contributed by atoms with E-state index in [1.165, 1.54) is 16.7 Å². The lowest BCUT2D eigenvalue weighted by molar-refractivity contribution is -0.0500. The van der Waals surface area contributed by atoms with Gasteiger partial charge in [-0.2, -0.15) is 21.6 Å². The molecule has 1 aromatic heterocycles. The molecule has 0 amide bonds. The Balaban J connectivity index is 2.07. The number of fused-ring (bicyclic) bond motifs is 1. The zero-order chi connectivity index (χ0) is 20.9. The van der Waals surface area contributed by atoms with Crippen molar-refractivity contribution in [3.8, 4) is 16.9 Å². The molecule has 5 nitrogen and oxygen atoms in total. The molecule has 3 rings (SSSR count). The number of nitrogens with zero attached hydrogens (tertiary/aromatic N) is 1. The van der Waals surface area contributed by atoms with Gasteiger partial charge >= 0.3 is 15.6 Å². The molecule has 2 aromatic carbocycles. The Hall–Kier alpha value is -2.81. The molecule has 0 saturated carbocycles. The molecule has 0 aliphatic rings. The number of hydrogen-bond acceptors (Lipinski definition) is 4. The summed E-state index contributed by atoms with van der Waals surface area (Å²) in [6.45, 7) is 3.85. The van der Waals surface area contributed by atoms with E-state index in [0.717, 1.165) is 34.2 Å². The van der Waals surface area contributed by atoms with Crippen molar-refractivity contribution in [1.82, 2.24) is 4.57 Å². The van der Waals surface area contributed by atoms with Crippen molar-refractivity contribution >= 4 is 21.0 Å². The molecule has 0 radical (unpaired) electrons. The molecule has 148 valence electrons. The molecular formula is C19H16F3NO4S. The van der Waals surface area contributed by atoms with E-state index in [9.17, 15) is 26.4 Å². The quantitative estimate of drug-likeness (QED) is 0.482. The van der Waals surface area contributed by atoms with Crippen LogP contribution in [0, 0.1) is 13.8 Å². The maximum absolute atomic E-state index is 12.7. The van der Waals surface area contributed by atoms with Gasteiger partial charge < -0.3 is 8.75 Å². The van der Waals surface area contributed by atoms with Gasteiger partial charge in [-0.15, -0.1) is 0 Å². The molecule has 0 unspecified atom stereocenters. The monoisotopic (exact) mass is 411 g/mol. The standard InChI is InChI=1S/C19H16F3NO4S/c1-11-8-12(2)15-10-16(18(24)23(3)17(15)9-11)13-4-6-14(7-5-13)27-28(25,26)19(20,21)22/h4-10H,1-3H3. The zero-order valence-corrected chi connectivity index (χ0v) is 16.0. The van der Waals surface area contributed by atoms with Crippen molar-refractivity contribution in [2.45, 2.75) is 19.4 Å². The number of pyridine rings is 1. The summed E-state index contributed by atoms with van der Waals surface area (Å²) in [5.74, 6) is -0.495. The van der Waals surface area contributed by atoms with E-state index in [1.54, 1.807) is 13.1 Å². The van der Waals surface area contributed by atoms with Crippen LogP contribution in [0.15, 0.2) is 47.3 Å². The Morgan fingerprint density at radius 1 is 1.00 bits per heavy atom. The van der Waals surface area contributed by atoms with E-state index in [4.69, 9.17) is 0 Å². The molecular weight excluding hydrogens is 395 g/mol. The molecule has 28 heavy (non-hydrogen) atoms. The normalized spacial score (nSPS) is 12.4. The lowest BCUT2D eigenvalue weighted by Crippen LogP contribution is -2.28. The molecule has 1 heterocycles. The molecule has 0 bridgehead atoms. The van der Waals surface area contributed by atoms with Crippen molar-refractivity contribution in [2.75, 3.05) is 0 Å². The summed E-state index contributed by atoms with van der Waals surface area (Å²) in [4.78, 5) is 12.7. The van der Waals surface area contributed by atoms with Gasteiger partial charge in [-0.3, -0.25) is 4.79 Å². The SMILES string of the molecule is Cc1cc(C)c2cc(-c3ccc(OS(=O)(=O)C(F)(F)F)cc3)c(=O)n(C)c2c1. The van der Waals surface area contributed by atoms with Crippen LogP contribution >= 0.6 is 0 Å². The third kappa shape index (κ3) is 3.49. The zero-order valence-electron chi connectivity index (χ0n) is 15.2. The molecule has 9 heteroatoms. The van der Waals surface area contributed by atoms with Crippen LogP contribution in [0.3, 0.4) is 0 Å². The summed E-state index contributed by atoms with van der Waals surface area (Å²) in [7, 11) is -4.11. The van der Waals surface area contributed by atoms with Gasteiger partial charge in [0.1, 0.15) is 5.75 Å². The van der Waals surface area contributed by atoms with Crippen LogP contribution in [0.5, 0.6) is 5.75 Å². The average molecular weight is 411 g/mol. The predicted octanol–water partition coefficient (Wildman–Crippen LogP) is 4.05. The molecule has 3 aromatic rings. The van der Waals surface area contributed by atoms with Crippen LogP contribution in [0.4, 0.5) is 13.2 Å². The largest absolute Gasteiger partial charge is 0.534 e. The fourth-order valence-electron chi connectivity index (χ4n) is 2.99. The van der Waals surface area contributed by atoms with Crippen LogP contribution in [0.2, 0.25) is 0 Å².